The Bertz CT molecular complexity index is 1610. The Kier molecular flexibility index (Phi) is 5.24. The number of azo groups is 1. The van der Waals surface area contributed by atoms with Crippen LogP contribution in [0.2, 0.25) is 0 Å². The Hall–Kier alpha value is -4.42. The van der Waals surface area contributed by atoms with Crippen LogP contribution in [0.5, 0.6) is 11.5 Å². The van der Waals surface area contributed by atoms with Gasteiger partial charge in [0.25, 0.3) is 15.8 Å². The Labute approximate surface area is 185 Å². The number of phenolic OH excluding ortho intramolecular Hbond substituents is 2. The highest BCUT2D eigenvalue weighted by Gasteiger charge is 2.26. The van der Waals surface area contributed by atoms with Crippen LogP contribution in [0.25, 0.3) is 21.5 Å². The summed E-state index contributed by atoms with van der Waals surface area (Å²) in [6.07, 6.45) is 0.375. The number of nitrogens with zero attached hydrogens (tertiary/aromatic N) is 3. The van der Waals surface area contributed by atoms with Gasteiger partial charge in [0, 0.05) is 22.9 Å². The van der Waals surface area contributed by atoms with E-state index in [4.69, 9.17) is 0 Å². The van der Waals surface area contributed by atoms with E-state index >= 15 is 0 Å². The Balaban J connectivity index is 2.06. The lowest BCUT2D eigenvalue weighted by Gasteiger charge is -2.10. The van der Waals surface area contributed by atoms with Crippen molar-refractivity contribution in [2.24, 2.45) is 10.2 Å². The van der Waals surface area contributed by atoms with Crippen molar-refractivity contribution in [1.82, 2.24) is 0 Å². The van der Waals surface area contributed by atoms with Crippen LogP contribution in [-0.2, 0) is 10.1 Å². The normalized spacial score (nSPS) is 11.9. The quantitative estimate of drug-likeness (QED) is 0.123. The maximum Gasteiger partial charge on any atom is 0.295 e. The van der Waals surface area contributed by atoms with E-state index in [2.05, 4.69) is 10.2 Å². The van der Waals surface area contributed by atoms with Gasteiger partial charge in [0.05, 0.1) is 15.9 Å². The number of hydrogen-bond acceptors (Lipinski definition) is 9. The average molecular weight is 467 g/mol. The molecular weight excluding hydrogens is 454 g/mol. The van der Waals surface area contributed by atoms with Gasteiger partial charge in [-0.2, -0.15) is 8.42 Å². The molecule has 4 aromatic rings. The molecule has 4 rings (SSSR count). The molecule has 0 bridgehead atoms. The number of aromatic hydroxyl groups is 2. The fourth-order valence-electron chi connectivity index (χ4n) is 3.51. The number of carbonyl (C=O) groups excluding carboxylic acids is 1. The molecular formula is C21H13N3O8S. The molecule has 0 aliphatic carbocycles. The first-order valence-electron chi connectivity index (χ1n) is 9.15. The van der Waals surface area contributed by atoms with Gasteiger partial charge in [-0.05, 0) is 11.5 Å². The summed E-state index contributed by atoms with van der Waals surface area (Å²) in [6, 6.07) is 12.2. The summed E-state index contributed by atoms with van der Waals surface area (Å²) < 4.78 is 33.2. The van der Waals surface area contributed by atoms with E-state index in [1.807, 2.05) is 0 Å². The number of phenols is 2. The zero-order chi connectivity index (χ0) is 23.9. The fourth-order valence-corrected chi connectivity index (χ4v) is 4.25. The Morgan fingerprint density at radius 2 is 1.58 bits per heavy atom. The molecule has 0 saturated carbocycles. The van der Waals surface area contributed by atoms with Crippen molar-refractivity contribution < 1.29 is 32.9 Å². The second-order valence-corrected chi connectivity index (χ2v) is 8.26. The van der Waals surface area contributed by atoms with Gasteiger partial charge in [0.1, 0.15) is 27.8 Å². The second-order valence-electron chi connectivity index (χ2n) is 6.87. The lowest BCUT2D eigenvalue weighted by molar-refractivity contribution is -0.383. The van der Waals surface area contributed by atoms with Crippen molar-refractivity contribution in [2.75, 3.05) is 0 Å². The minimum atomic E-state index is -4.95. The third kappa shape index (κ3) is 3.73. The minimum Gasteiger partial charge on any atom is -0.507 e. The molecule has 0 spiro atoms. The van der Waals surface area contributed by atoms with Gasteiger partial charge in [-0.1, -0.05) is 36.4 Å². The van der Waals surface area contributed by atoms with Crippen LogP contribution >= 0.6 is 0 Å². The van der Waals surface area contributed by atoms with Crippen molar-refractivity contribution in [1.29, 1.82) is 0 Å². The smallest absolute Gasteiger partial charge is 0.295 e. The first-order valence-corrected chi connectivity index (χ1v) is 10.6. The summed E-state index contributed by atoms with van der Waals surface area (Å²) >= 11 is 0. The number of aldehydes is 1. The maximum atomic E-state index is 11.8. The highest BCUT2D eigenvalue weighted by molar-refractivity contribution is 7.86. The number of fused-ring (bicyclic) bond motifs is 2. The van der Waals surface area contributed by atoms with E-state index in [9.17, 15) is 38.1 Å². The topological polar surface area (TPSA) is 180 Å². The summed E-state index contributed by atoms with van der Waals surface area (Å²) in [7, 11) is -4.95. The van der Waals surface area contributed by atoms with Crippen molar-refractivity contribution >= 4 is 55.0 Å². The first-order chi connectivity index (χ1) is 15.6. The molecule has 12 heteroatoms. The maximum absolute atomic E-state index is 11.8. The van der Waals surface area contributed by atoms with E-state index in [1.54, 1.807) is 24.3 Å². The van der Waals surface area contributed by atoms with Crippen LogP contribution in [0.15, 0.2) is 69.7 Å². The molecule has 0 radical (unpaired) electrons. The second kappa shape index (κ2) is 7.93. The SMILES string of the molecule is O=Cc1c(O)cc2ccccc2c1N=Nc1c(O)cc(S(=O)(=O)O)c2c([N+](=O)[O-])cccc12. The largest absolute Gasteiger partial charge is 0.507 e. The molecule has 4 aromatic carbocycles. The number of non-ortho nitro benzene ring substituents is 1. The summed E-state index contributed by atoms with van der Waals surface area (Å²) in [5, 5.41) is 40.4. The Morgan fingerprint density at radius 1 is 0.909 bits per heavy atom. The van der Waals surface area contributed by atoms with E-state index in [0.717, 1.165) is 6.07 Å². The van der Waals surface area contributed by atoms with E-state index in [-0.39, 0.29) is 28.1 Å². The van der Waals surface area contributed by atoms with Gasteiger partial charge in [-0.3, -0.25) is 19.5 Å². The highest BCUT2D eigenvalue weighted by atomic mass is 32.2. The van der Waals surface area contributed by atoms with Crippen LogP contribution in [0.3, 0.4) is 0 Å². The number of nitro benzene ring substituents is 1. The number of nitro groups is 1. The minimum absolute atomic E-state index is 0.0302. The molecule has 0 aromatic heterocycles. The Morgan fingerprint density at radius 3 is 2.24 bits per heavy atom. The van der Waals surface area contributed by atoms with Gasteiger partial charge in [-0.15, -0.1) is 10.2 Å². The molecule has 0 aliphatic rings. The van der Waals surface area contributed by atoms with Gasteiger partial charge >= 0.3 is 0 Å². The lowest BCUT2D eigenvalue weighted by Crippen LogP contribution is -2.01. The van der Waals surface area contributed by atoms with Gasteiger partial charge in [0.2, 0.25) is 0 Å². The molecule has 33 heavy (non-hydrogen) atoms. The van der Waals surface area contributed by atoms with Crippen molar-refractivity contribution in [3.63, 3.8) is 0 Å². The fraction of sp³-hybridized carbons (Fsp3) is 0. The predicted molar refractivity (Wildman–Crippen MR) is 117 cm³/mol. The molecule has 3 N–H and O–H groups in total. The molecule has 0 heterocycles. The highest BCUT2D eigenvalue weighted by Crippen LogP contribution is 2.44. The van der Waals surface area contributed by atoms with Crippen molar-refractivity contribution in [3.8, 4) is 11.5 Å². The number of rotatable bonds is 5. The van der Waals surface area contributed by atoms with Crippen LogP contribution in [0.4, 0.5) is 17.1 Å². The van der Waals surface area contributed by atoms with Crippen molar-refractivity contribution in [2.45, 2.75) is 4.90 Å². The predicted octanol–water partition coefficient (Wildman–Crippen LogP) is 4.79. The summed E-state index contributed by atoms with van der Waals surface area (Å²) in [6.45, 7) is 0. The van der Waals surface area contributed by atoms with Gasteiger partial charge in [0.15, 0.2) is 6.29 Å². The molecule has 0 aliphatic heterocycles. The molecule has 0 fully saturated rings. The summed E-state index contributed by atoms with van der Waals surface area (Å²) in [5.74, 6) is -1.10. The average Bonchev–Trinajstić information content (AvgIpc) is 2.76. The zero-order valence-corrected chi connectivity index (χ0v) is 17.2. The molecule has 166 valence electrons. The number of carbonyl (C=O) groups is 1. The van der Waals surface area contributed by atoms with E-state index in [1.165, 1.54) is 18.2 Å². The first kappa shape index (κ1) is 21.8. The summed E-state index contributed by atoms with van der Waals surface area (Å²) in [5.41, 5.74) is -1.20. The molecule has 0 saturated heterocycles. The standard InChI is InChI=1S/C21H13N3O8S/c25-10-14-16(26)8-11-4-1-2-5-12(11)20(14)22-23-21-13-6-3-7-15(24(28)29)19(13)18(9-17(21)27)33(30,31)32/h1-10,26-27H,(H,30,31,32). The number of benzene rings is 4. The van der Waals surface area contributed by atoms with Crippen LogP contribution in [0, 0.1) is 10.1 Å². The zero-order valence-electron chi connectivity index (χ0n) is 16.4. The molecule has 0 unspecified atom stereocenters. The molecule has 0 atom stereocenters. The van der Waals surface area contributed by atoms with Crippen molar-refractivity contribution in [3.05, 3.63) is 70.3 Å². The van der Waals surface area contributed by atoms with Crippen LogP contribution < -0.4 is 0 Å². The summed E-state index contributed by atoms with van der Waals surface area (Å²) in [4.78, 5) is 21.3. The monoisotopic (exact) mass is 467 g/mol. The van der Waals surface area contributed by atoms with Gasteiger partial charge in [-0.25, -0.2) is 0 Å². The lowest BCUT2D eigenvalue weighted by atomic mass is 10.0. The number of hydrogen-bond donors (Lipinski definition) is 3. The third-order valence-corrected chi connectivity index (χ3v) is 5.81. The third-order valence-electron chi connectivity index (χ3n) is 4.94. The molecule has 0 amide bonds. The van der Waals surface area contributed by atoms with Crippen LogP contribution in [-0.4, -0.2) is 34.4 Å². The molecule has 11 nitrogen and oxygen atoms in total. The van der Waals surface area contributed by atoms with Crippen LogP contribution in [0.1, 0.15) is 10.4 Å². The van der Waals surface area contributed by atoms with Gasteiger partial charge < -0.3 is 10.2 Å². The van der Waals surface area contributed by atoms with E-state index < -0.39 is 36.8 Å². The van der Waals surface area contributed by atoms with E-state index in [0.29, 0.717) is 23.1 Å².